The van der Waals surface area contributed by atoms with E-state index in [9.17, 15) is 13.0 Å². The highest BCUT2D eigenvalue weighted by atomic mass is 35.5. The molecule has 34 heavy (non-hydrogen) atoms. The van der Waals surface area contributed by atoms with Crippen molar-refractivity contribution in [1.82, 2.24) is 4.72 Å². The molecular weight excluding hydrogens is 544 g/mol. The molecule has 0 aliphatic carbocycles. The highest BCUT2D eigenvalue weighted by Gasteiger charge is 2.28. The summed E-state index contributed by atoms with van der Waals surface area (Å²) in [5.74, 6) is 2.09. The number of hydrogen-bond donors (Lipinski definition) is 1. The van der Waals surface area contributed by atoms with E-state index in [0.717, 1.165) is 16.9 Å². The zero-order valence-corrected chi connectivity index (χ0v) is 23.2. The van der Waals surface area contributed by atoms with Gasteiger partial charge < -0.3 is 18.5 Å². The molecule has 0 saturated heterocycles. The SMILES string of the molecule is CCOP(=O)(CNS(=O)(=O)c1ccc(-c2ccc(OCCCCl)c(OCCCCl)c2)s1)OCC. The van der Waals surface area contributed by atoms with Crippen LogP contribution in [0.4, 0.5) is 0 Å². The molecule has 0 fully saturated rings. The highest BCUT2D eigenvalue weighted by Crippen LogP contribution is 2.47. The minimum atomic E-state index is -3.91. The topological polar surface area (TPSA) is 100 Å². The summed E-state index contributed by atoms with van der Waals surface area (Å²) in [7, 11) is -7.47. The maximum Gasteiger partial charge on any atom is 0.345 e. The molecule has 0 radical (unpaired) electrons. The number of thiophene rings is 1. The number of benzene rings is 1. The van der Waals surface area contributed by atoms with E-state index in [0.29, 0.717) is 54.2 Å². The van der Waals surface area contributed by atoms with Crippen LogP contribution in [0.25, 0.3) is 10.4 Å². The van der Waals surface area contributed by atoms with Crippen molar-refractivity contribution in [3.05, 3.63) is 30.3 Å². The van der Waals surface area contributed by atoms with Crippen LogP contribution in [-0.2, 0) is 23.6 Å². The van der Waals surface area contributed by atoms with Crippen LogP contribution in [0.2, 0.25) is 0 Å². The van der Waals surface area contributed by atoms with Gasteiger partial charge in [0.2, 0.25) is 0 Å². The summed E-state index contributed by atoms with van der Waals surface area (Å²) in [5.41, 5.74) is 0.770. The molecule has 1 N–H and O–H groups in total. The van der Waals surface area contributed by atoms with Gasteiger partial charge in [0.25, 0.3) is 10.0 Å². The second-order valence-electron chi connectivity index (χ2n) is 6.81. The van der Waals surface area contributed by atoms with Crippen molar-refractivity contribution in [2.75, 3.05) is 44.5 Å². The quantitative estimate of drug-likeness (QED) is 0.142. The first kappa shape index (κ1) is 29.4. The first-order valence-electron chi connectivity index (χ1n) is 10.8. The average Bonchev–Trinajstić information content (AvgIpc) is 3.31. The Bertz CT molecular complexity index is 1040. The third-order valence-electron chi connectivity index (χ3n) is 4.25. The lowest BCUT2D eigenvalue weighted by Gasteiger charge is -2.17. The normalized spacial score (nSPS) is 12.1. The monoisotopic (exact) mass is 573 g/mol. The van der Waals surface area contributed by atoms with Crippen molar-refractivity contribution in [2.24, 2.45) is 0 Å². The molecule has 2 aromatic rings. The zero-order chi connectivity index (χ0) is 25.0. The second kappa shape index (κ2) is 14.7. The van der Waals surface area contributed by atoms with Crippen molar-refractivity contribution in [2.45, 2.75) is 30.9 Å². The predicted octanol–water partition coefficient (Wildman–Crippen LogP) is 5.93. The number of halogens is 2. The molecule has 1 aromatic carbocycles. The fourth-order valence-corrected chi connectivity index (χ4v) is 7.33. The predicted molar refractivity (Wildman–Crippen MR) is 137 cm³/mol. The van der Waals surface area contributed by atoms with E-state index >= 15 is 0 Å². The number of alkyl halides is 2. The van der Waals surface area contributed by atoms with Gasteiger partial charge in [-0.15, -0.1) is 34.5 Å². The number of sulfonamides is 1. The van der Waals surface area contributed by atoms with Crippen LogP contribution >= 0.6 is 42.1 Å². The van der Waals surface area contributed by atoms with Gasteiger partial charge in [-0.05, 0) is 62.6 Å². The van der Waals surface area contributed by atoms with Gasteiger partial charge in [0.1, 0.15) is 10.5 Å². The molecule has 13 heteroatoms. The molecule has 0 aliphatic heterocycles. The van der Waals surface area contributed by atoms with Gasteiger partial charge in [0, 0.05) is 16.6 Å². The molecule has 192 valence electrons. The summed E-state index contributed by atoms with van der Waals surface area (Å²) in [6.07, 6.45) is 0.924. The summed E-state index contributed by atoms with van der Waals surface area (Å²) in [6.45, 7) is 4.48. The molecular formula is C21H30Cl2NO7PS2. The minimum absolute atomic E-state index is 0.0779. The van der Waals surface area contributed by atoms with Crippen LogP contribution in [0, 0.1) is 0 Å². The van der Waals surface area contributed by atoms with Gasteiger partial charge in [-0.3, -0.25) is 4.57 Å². The van der Waals surface area contributed by atoms with Gasteiger partial charge >= 0.3 is 7.60 Å². The lowest BCUT2D eigenvalue weighted by molar-refractivity contribution is 0.219. The smallest absolute Gasteiger partial charge is 0.345 e. The Morgan fingerprint density at radius 2 is 1.56 bits per heavy atom. The molecule has 2 rings (SSSR count). The Labute approximate surface area is 215 Å². The summed E-state index contributed by atoms with van der Waals surface area (Å²) in [6, 6.07) is 8.62. The molecule has 1 aromatic heterocycles. The van der Waals surface area contributed by atoms with E-state index in [4.69, 9.17) is 41.7 Å². The molecule has 0 bridgehead atoms. The Balaban J connectivity index is 2.21. The number of nitrogens with one attached hydrogen (secondary N) is 1. The molecule has 0 amide bonds. The van der Waals surface area contributed by atoms with Crippen LogP contribution in [0.1, 0.15) is 26.7 Å². The van der Waals surface area contributed by atoms with E-state index in [-0.39, 0.29) is 17.4 Å². The van der Waals surface area contributed by atoms with Gasteiger partial charge in [0.15, 0.2) is 11.5 Å². The van der Waals surface area contributed by atoms with Crippen molar-refractivity contribution < 1.29 is 31.5 Å². The third-order valence-corrected chi connectivity index (χ3v) is 9.87. The molecule has 0 aliphatic rings. The van der Waals surface area contributed by atoms with Crippen LogP contribution in [0.3, 0.4) is 0 Å². The first-order chi connectivity index (χ1) is 16.3. The zero-order valence-electron chi connectivity index (χ0n) is 19.1. The standard InChI is InChI=1S/C21H30Cl2NO7PS2/c1-3-30-32(25,31-4-2)16-24-34(26,27)21-10-9-20(33-21)17-7-8-18(28-13-5-11-22)19(15-17)29-14-6-12-23/h7-10,15,24H,3-6,11-14,16H2,1-2H3. The Morgan fingerprint density at radius 3 is 2.15 bits per heavy atom. The van der Waals surface area contributed by atoms with Crippen molar-refractivity contribution in [3.8, 4) is 21.9 Å². The number of rotatable bonds is 17. The molecule has 8 nitrogen and oxygen atoms in total. The van der Waals surface area contributed by atoms with Gasteiger partial charge in [-0.1, -0.05) is 0 Å². The maximum absolute atomic E-state index is 12.8. The molecule has 1 heterocycles. The van der Waals surface area contributed by atoms with Gasteiger partial charge in [-0.25, -0.2) is 8.42 Å². The maximum atomic E-state index is 12.8. The van der Waals surface area contributed by atoms with Crippen molar-refractivity contribution in [1.29, 1.82) is 0 Å². The van der Waals surface area contributed by atoms with Crippen LogP contribution in [0.15, 0.2) is 34.5 Å². The number of ether oxygens (including phenoxy) is 2. The van der Waals surface area contributed by atoms with E-state index in [1.807, 2.05) is 6.07 Å². The van der Waals surface area contributed by atoms with E-state index in [2.05, 4.69) is 4.72 Å². The third kappa shape index (κ3) is 8.99. The highest BCUT2D eigenvalue weighted by molar-refractivity contribution is 7.92. The van der Waals surface area contributed by atoms with E-state index in [1.165, 1.54) is 6.07 Å². The fourth-order valence-electron chi connectivity index (χ4n) is 2.74. The Morgan fingerprint density at radius 1 is 0.941 bits per heavy atom. The van der Waals surface area contributed by atoms with E-state index < -0.39 is 23.9 Å². The summed E-state index contributed by atoms with van der Waals surface area (Å²) in [4.78, 5) is 0.715. The van der Waals surface area contributed by atoms with Gasteiger partial charge in [0.05, 0.1) is 26.4 Å². The first-order valence-corrected chi connectivity index (χ1v) is 15.9. The lowest BCUT2D eigenvalue weighted by Crippen LogP contribution is -2.25. The molecule has 0 unspecified atom stereocenters. The largest absolute Gasteiger partial charge is 0.490 e. The van der Waals surface area contributed by atoms with Crippen molar-refractivity contribution >= 4 is 52.2 Å². The number of hydrogen-bond acceptors (Lipinski definition) is 8. The summed E-state index contributed by atoms with van der Waals surface area (Å²) in [5, 5.41) is 0. The Kier molecular flexibility index (Phi) is 12.7. The van der Waals surface area contributed by atoms with Crippen LogP contribution < -0.4 is 14.2 Å². The molecule has 0 spiro atoms. The second-order valence-corrected chi connectivity index (χ2v) is 12.7. The fraction of sp³-hybridized carbons (Fsp3) is 0.524. The van der Waals surface area contributed by atoms with Crippen molar-refractivity contribution in [3.63, 3.8) is 0 Å². The lowest BCUT2D eigenvalue weighted by atomic mass is 10.1. The van der Waals surface area contributed by atoms with Crippen LogP contribution in [-0.4, -0.2) is 52.9 Å². The minimum Gasteiger partial charge on any atom is -0.490 e. The summed E-state index contributed by atoms with van der Waals surface area (Å²) < 4.78 is 62.4. The Hall–Kier alpha value is -0.840. The van der Waals surface area contributed by atoms with Crippen LogP contribution in [0.5, 0.6) is 11.5 Å². The molecule has 0 atom stereocenters. The summed E-state index contributed by atoms with van der Waals surface area (Å²) >= 11 is 12.6. The van der Waals surface area contributed by atoms with E-state index in [1.54, 1.807) is 32.0 Å². The van der Waals surface area contributed by atoms with Gasteiger partial charge in [-0.2, -0.15) is 4.72 Å². The average molecular weight is 574 g/mol. The molecule has 0 saturated carbocycles.